The van der Waals surface area contributed by atoms with E-state index in [2.05, 4.69) is 11.9 Å². The van der Waals surface area contributed by atoms with Gasteiger partial charge >= 0.3 is 0 Å². The van der Waals surface area contributed by atoms with Crippen LogP contribution in [0.1, 0.15) is 5.76 Å². The molecule has 14 heavy (non-hydrogen) atoms. The van der Waals surface area contributed by atoms with Gasteiger partial charge in [0.25, 0.3) is 0 Å². The Morgan fingerprint density at radius 3 is 2.93 bits per heavy atom. The minimum Gasteiger partial charge on any atom is -0.452 e. The molecule has 0 spiro atoms. The van der Waals surface area contributed by atoms with Gasteiger partial charge in [0.2, 0.25) is 16.7 Å². The molecule has 2 heterocycles. The quantitative estimate of drug-likeness (QED) is 0.601. The third kappa shape index (κ3) is 1.31. The number of aryl methyl sites for hydroxylation is 1. The van der Waals surface area contributed by atoms with Gasteiger partial charge in [-0.05, 0) is 13.0 Å². The van der Waals surface area contributed by atoms with E-state index < -0.39 is 0 Å². The van der Waals surface area contributed by atoms with Crippen molar-refractivity contribution in [1.29, 1.82) is 0 Å². The van der Waals surface area contributed by atoms with Gasteiger partial charge in [-0.1, -0.05) is 6.58 Å². The van der Waals surface area contributed by atoms with Crippen molar-refractivity contribution in [3.8, 4) is 0 Å². The maximum atomic E-state index is 11.6. The largest absolute Gasteiger partial charge is 0.452 e. The van der Waals surface area contributed by atoms with E-state index in [1.807, 2.05) is 0 Å². The summed E-state index contributed by atoms with van der Waals surface area (Å²) < 4.78 is 10.3. The number of ether oxygens (including phenoxy) is 1. The SMILES string of the molecule is C=c1cc(C)oc(=C2NC=CO2)c1=O. The van der Waals surface area contributed by atoms with E-state index >= 15 is 0 Å². The lowest BCUT2D eigenvalue weighted by Crippen LogP contribution is -2.40. The smallest absolute Gasteiger partial charge is 0.244 e. The zero-order valence-corrected chi connectivity index (χ0v) is 7.66. The highest BCUT2D eigenvalue weighted by Gasteiger charge is 2.07. The standard InChI is InChI=1S/C10H9NO3/c1-6-5-7(2)14-9(8(6)12)10-11-3-4-13-10/h3-5,11H,1H2,2H3. The summed E-state index contributed by atoms with van der Waals surface area (Å²) in [6.45, 7) is 5.37. The first kappa shape index (κ1) is 8.62. The summed E-state index contributed by atoms with van der Waals surface area (Å²) in [7, 11) is 0. The highest BCUT2D eigenvalue weighted by Crippen LogP contribution is 1.98. The van der Waals surface area contributed by atoms with Crippen molar-refractivity contribution in [1.82, 2.24) is 5.32 Å². The van der Waals surface area contributed by atoms with Crippen LogP contribution in [-0.2, 0) is 4.74 Å². The highest BCUT2D eigenvalue weighted by atomic mass is 16.5. The maximum absolute atomic E-state index is 11.6. The molecule has 0 atom stereocenters. The molecule has 0 radical (unpaired) electrons. The third-order valence-corrected chi connectivity index (χ3v) is 1.81. The first-order valence-corrected chi connectivity index (χ1v) is 4.11. The predicted octanol–water partition coefficient (Wildman–Crippen LogP) is -0.485. The second-order valence-electron chi connectivity index (χ2n) is 2.93. The molecule has 0 bridgehead atoms. The lowest BCUT2D eigenvalue weighted by Gasteiger charge is -1.97. The molecule has 0 aliphatic carbocycles. The van der Waals surface area contributed by atoms with Crippen molar-refractivity contribution >= 4 is 12.5 Å². The van der Waals surface area contributed by atoms with E-state index in [9.17, 15) is 4.79 Å². The average Bonchev–Trinajstić information content (AvgIpc) is 2.63. The Hall–Kier alpha value is -1.97. The Kier molecular flexibility index (Phi) is 1.89. The zero-order valence-electron chi connectivity index (χ0n) is 7.66. The van der Waals surface area contributed by atoms with Crippen LogP contribution in [0.15, 0.2) is 27.7 Å². The molecule has 1 aliphatic heterocycles. The minimum absolute atomic E-state index is 0.153. The Labute approximate surface area is 79.8 Å². The number of hydrogen-bond donors (Lipinski definition) is 1. The number of rotatable bonds is 0. The predicted molar refractivity (Wildman–Crippen MR) is 51.3 cm³/mol. The monoisotopic (exact) mass is 191 g/mol. The van der Waals surface area contributed by atoms with Crippen LogP contribution in [0.3, 0.4) is 0 Å². The lowest BCUT2D eigenvalue weighted by atomic mass is 10.3. The van der Waals surface area contributed by atoms with Crippen LogP contribution in [0.2, 0.25) is 0 Å². The molecule has 1 aromatic rings. The molecule has 0 amide bonds. The fourth-order valence-electron chi connectivity index (χ4n) is 1.21. The molecule has 0 saturated carbocycles. The van der Waals surface area contributed by atoms with Gasteiger partial charge in [0.15, 0.2) is 0 Å². The van der Waals surface area contributed by atoms with E-state index in [0.29, 0.717) is 16.9 Å². The van der Waals surface area contributed by atoms with E-state index in [-0.39, 0.29) is 10.8 Å². The fourth-order valence-corrected chi connectivity index (χ4v) is 1.21. The van der Waals surface area contributed by atoms with Crippen molar-refractivity contribution in [3.63, 3.8) is 0 Å². The molecule has 2 rings (SSSR count). The number of nitrogens with one attached hydrogen (secondary N) is 1. The molecule has 1 aromatic heterocycles. The molecule has 0 unspecified atom stereocenters. The second-order valence-corrected chi connectivity index (χ2v) is 2.93. The molecule has 1 aliphatic rings. The second kappa shape index (κ2) is 3.06. The third-order valence-electron chi connectivity index (χ3n) is 1.81. The van der Waals surface area contributed by atoms with E-state index in [1.54, 1.807) is 19.2 Å². The Morgan fingerprint density at radius 1 is 1.50 bits per heavy atom. The molecule has 0 aromatic carbocycles. The van der Waals surface area contributed by atoms with Crippen LogP contribution in [0.25, 0.3) is 12.5 Å². The van der Waals surface area contributed by atoms with Crippen molar-refractivity contribution in [2.75, 3.05) is 0 Å². The van der Waals surface area contributed by atoms with E-state index in [1.165, 1.54) is 6.26 Å². The fraction of sp³-hybridized carbons (Fsp3) is 0.100. The summed E-state index contributed by atoms with van der Waals surface area (Å²) in [5.41, 5.74) is -0.109. The van der Waals surface area contributed by atoms with Crippen LogP contribution in [0.5, 0.6) is 0 Å². The highest BCUT2D eigenvalue weighted by molar-refractivity contribution is 5.36. The van der Waals surface area contributed by atoms with Gasteiger partial charge in [0.1, 0.15) is 12.0 Å². The van der Waals surface area contributed by atoms with Crippen LogP contribution in [0, 0.1) is 6.92 Å². The summed E-state index contributed by atoms with van der Waals surface area (Å²) >= 11 is 0. The molecule has 1 N–H and O–H groups in total. The Balaban J connectivity index is 2.82. The lowest BCUT2D eigenvalue weighted by molar-refractivity contribution is 0.394. The van der Waals surface area contributed by atoms with Crippen LogP contribution in [-0.4, -0.2) is 0 Å². The zero-order chi connectivity index (χ0) is 10.1. The van der Waals surface area contributed by atoms with Crippen molar-refractivity contribution in [2.24, 2.45) is 0 Å². The normalized spacial score (nSPS) is 17.8. The molecule has 72 valence electrons. The Morgan fingerprint density at radius 2 is 2.29 bits per heavy atom. The van der Waals surface area contributed by atoms with Gasteiger partial charge in [-0.3, -0.25) is 4.79 Å². The average molecular weight is 191 g/mol. The molecule has 0 saturated heterocycles. The topological polar surface area (TPSA) is 51.5 Å². The summed E-state index contributed by atoms with van der Waals surface area (Å²) in [5.74, 6) is 0.929. The first-order valence-electron chi connectivity index (χ1n) is 4.11. The summed E-state index contributed by atoms with van der Waals surface area (Å²) in [5, 5.41) is 3.16. The Bertz CT molecular complexity index is 544. The van der Waals surface area contributed by atoms with Gasteiger partial charge in [-0.15, -0.1) is 0 Å². The van der Waals surface area contributed by atoms with Crippen molar-refractivity contribution < 1.29 is 9.15 Å². The van der Waals surface area contributed by atoms with Crippen molar-refractivity contribution in [3.05, 3.63) is 45.1 Å². The molecule has 4 nitrogen and oxygen atoms in total. The van der Waals surface area contributed by atoms with E-state index in [4.69, 9.17) is 9.15 Å². The first-order chi connectivity index (χ1) is 6.68. The van der Waals surface area contributed by atoms with Crippen LogP contribution in [0.4, 0.5) is 0 Å². The van der Waals surface area contributed by atoms with Crippen LogP contribution < -0.4 is 21.4 Å². The molecule has 4 heteroatoms. The molecular formula is C10H9NO3. The summed E-state index contributed by atoms with van der Waals surface area (Å²) in [4.78, 5) is 11.6. The maximum Gasteiger partial charge on any atom is 0.244 e. The van der Waals surface area contributed by atoms with Crippen molar-refractivity contribution in [2.45, 2.75) is 6.92 Å². The van der Waals surface area contributed by atoms with Gasteiger partial charge < -0.3 is 14.5 Å². The van der Waals surface area contributed by atoms with Crippen LogP contribution >= 0.6 is 0 Å². The van der Waals surface area contributed by atoms with Gasteiger partial charge in [-0.2, -0.15) is 0 Å². The van der Waals surface area contributed by atoms with Gasteiger partial charge in [-0.25, -0.2) is 0 Å². The number of hydrogen-bond acceptors (Lipinski definition) is 4. The molecular weight excluding hydrogens is 182 g/mol. The van der Waals surface area contributed by atoms with E-state index in [0.717, 1.165) is 0 Å². The van der Waals surface area contributed by atoms with Gasteiger partial charge in [0.05, 0.1) is 0 Å². The van der Waals surface area contributed by atoms with Gasteiger partial charge in [0, 0.05) is 11.4 Å². The summed E-state index contributed by atoms with van der Waals surface area (Å²) in [6.07, 6.45) is 3.02. The molecule has 0 fully saturated rings. The minimum atomic E-state index is -0.262. The summed E-state index contributed by atoms with van der Waals surface area (Å²) in [6, 6.07) is 1.59.